The number of carbonyl (C=O) groups is 3. The minimum Gasteiger partial charge on any atom is -0.465 e. The molecule has 1 saturated heterocycles. The number of methoxy groups -OCH3 is 1. The largest absolute Gasteiger partial charge is 0.465 e. The number of anilines is 1. The van der Waals surface area contributed by atoms with Gasteiger partial charge >= 0.3 is 5.97 Å². The van der Waals surface area contributed by atoms with Gasteiger partial charge < -0.3 is 10.1 Å². The Morgan fingerprint density at radius 3 is 2.43 bits per heavy atom. The fourth-order valence-corrected chi connectivity index (χ4v) is 4.18. The van der Waals surface area contributed by atoms with Gasteiger partial charge in [-0.3, -0.25) is 9.59 Å². The molecule has 0 bridgehead atoms. The topological polar surface area (TPSA) is 88.1 Å². The van der Waals surface area contributed by atoms with E-state index in [9.17, 15) is 14.4 Å². The van der Waals surface area contributed by atoms with Gasteiger partial charge in [-0.25, -0.2) is 14.7 Å². The van der Waals surface area contributed by atoms with E-state index in [4.69, 9.17) is 0 Å². The van der Waals surface area contributed by atoms with Crippen LogP contribution in [-0.4, -0.2) is 41.4 Å². The molecule has 2 amide bonds. The van der Waals surface area contributed by atoms with Crippen molar-refractivity contribution in [3.63, 3.8) is 0 Å². The average molecular weight is 423 g/mol. The van der Waals surface area contributed by atoms with Crippen molar-refractivity contribution in [2.24, 2.45) is 4.99 Å². The Balaban J connectivity index is 1.51. The molecule has 0 radical (unpaired) electrons. The van der Waals surface area contributed by atoms with Crippen molar-refractivity contribution < 1.29 is 19.1 Å². The molecule has 2 aliphatic rings. The second kappa shape index (κ2) is 8.71. The summed E-state index contributed by atoms with van der Waals surface area (Å²) in [5.41, 5.74) is 1.59. The normalized spacial score (nSPS) is 19.2. The molecule has 154 valence electrons. The predicted octanol–water partition coefficient (Wildman–Crippen LogP) is 3.28. The van der Waals surface area contributed by atoms with Gasteiger partial charge in [0, 0.05) is 12.5 Å². The second-order valence-corrected chi connectivity index (χ2v) is 8.28. The zero-order valence-corrected chi connectivity index (χ0v) is 17.2. The summed E-state index contributed by atoms with van der Waals surface area (Å²) in [7, 11) is 1.30. The number of hydrogen-bond acceptors (Lipinski definition) is 6. The van der Waals surface area contributed by atoms with E-state index in [1.807, 2.05) is 30.3 Å². The van der Waals surface area contributed by atoms with Crippen LogP contribution in [0, 0.1) is 0 Å². The summed E-state index contributed by atoms with van der Waals surface area (Å²) in [6, 6.07) is 16.1. The lowest BCUT2D eigenvalue weighted by Crippen LogP contribution is -2.32. The van der Waals surface area contributed by atoms with Crippen LogP contribution in [0.5, 0.6) is 0 Å². The van der Waals surface area contributed by atoms with Crippen LogP contribution >= 0.6 is 11.8 Å². The molecule has 1 aliphatic carbocycles. The molecule has 0 spiro atoms. The zero-order valence-electron chi connectivity index (χ0n) is 16.4. The highest BCUT2D eigenvalue weighted by Crippen LogP contribution is 2.32. The van der Waals surface area contributed by atoms with Crippen molar-refractivity contribution in [1.29, 1.82) is 0 Å². The summed E-state index contributed by atoms with van der Waals surface area (Å²) >= 11 is 1.29. The molecule has 8 heteroatoms. The zero-order chi connectivity index (χ0) is 21.1. The highest BCUT2D eigenvalue weighted by Gasteiger charge is 2.41. The SMILES string of the molecule is COC(=O)c1ccc(N2C(=O)CC(S/C(=N/c3ccccc3)NC3CC3)C2=O)cc1. The number of para-hydroxylation sites is 1. The van der Waals surface area contributed by atoms with Crippen LogP contribution in [0.15, 0.2) is 59.6 Å². The Morgan fingerprint density at radius 1 is 1.10 bits per heavy atom. The Labute approximate surface area is 178 Å². The first-order valence-corrected chi connectivity index (χ1v) is 10.5. The van der Waals surface area contributed by atoms with E-state index in [0.29, 0.717) is 22.5 Å². The lowest BCUT2D eigenvalue weighted by molar-refractivity contribution is -0.121. The third kappa shape index (κ3) is 4.54. The van der Waals surface area contributed by atoms with Gasteiger partial charge in [0.25, 0.3) is 0 Å². The van der Waals surface area contributed by atoms with Crippen LogP contribution < -0.4 is 10.2 Å². The molecule has 2 fully saturated rings. The van der Waals surface area contributed by atoms with Crippen LogP contribution in [-0.2, 0) is 14.3 Å². The first kappa shape index (κ1) is 20.2. The third-order valence-corrected chi connectivity index (χ3v) is 5.88. The Hall–Kier alpha value is -3.13. The van der Waals surface area contributed by atoms with Crippen LogP contribution in [0.2, 0.25) is 0 Å². The quantitative estimate of drug-likeness (QED) is 0.344. The van der Waals surface area contributed by atoms with Gasteiger partial charge in [0.2, 0.25) is 11.8 Å². The number of aliphatic imine (C=N–C) groups is 1. The van der Waals surface area contributed by atoms with Crippen molar-refractivity contribution in [2.45, 2.75) is 30.6 Å². The number of ether oxygens (including phenoxy) is 1. The van der Waals surface area contributed by atoms with E-state index in [1.165, 1.54) is 23.8 Å². The number of thioether (sulfide) groups is 1. The molecule has 4 rings (SSSR count). The minimum absolute atomic E-state index is 0.0996. The monoisotopic (exact) mass is 423 g/mol. The van der Waals surface area contributed by atoms with Crippen molar-refractivity contribution in [1.82, 2.24) is 5.32 Å². The van der Waals surface area contributed by atoms with Gasteiger partial charge in [0.1, 0.15) is 5.25 Å². The predicted molar refractivity (Wildman–Crippen MR) is 116 cm³/mol. The Morgan fingerprint density at radius 2 is 1.80 bits per heavy atom. The molecule has 2 aromatic rings. The summed E-state index contributed by atoms with van der Waals surface area (Å²) in [5, 5.41) is 3.46. The molecule has 1 heterocycles. The Kier molecular flexibility index (Phi) is 5.85. The van der Waals surface area contributed by atoms with Gasteiger partial charge in [-0.2, -0.15) is 0 Å². The van der Waals surface area contributed by atoms with Crippen LogP contribution in [0.25, 0.3) is 0 Å². The molecule has 1 saturated carbocycles. The molecule has 7 nitrogen and oxygen atoms in total. The van der Waals surface area contributed by atoms with Crippen molar-refractivity contribution in [3.8, 4) is 0 Å². The number of carbonyl (C=O) groups excluding carboxylic acids is 3. The van der Waals surface area contributed by atoms with E-state index < -0.39 is 11.2 Å². The van der Waals surface area contributed by atoms with Gasteiger partial charge in [-0.15, -0.1) is 0 Å². The number of imide groups is 1. The number of amides is 2. The summed E-state index contributed by atoms with van der Waals surface area (Å²) < 4.78 is 4.68. The van der Waals surface area contributed by atoms with Crippen LogP contribution in [0.3, 0.4) is 0 Å². The summed E-state index contributed by atoms with van der Waals surface area (Å²) in [5.74, 6) is -1.02. The lowest BCUT2D eigenvalue weighted by Gasteiger charge is -2.16. The fraction of sp³-hybridized carbons (Fsp3) is 0.273. The number of nitrogens with one attached hydrogen (secondary N) is 1. The first-order chi connectivity index (χ1) is 14.5. The van der Waals surface area contributed by atoms with Crippen LogP contribution in [0.1, 0.15) is 29.6 Å². The van der Waals surface area contributed by atoms with E-state index >= 15 is 0 Å². The smallest absolute Gasteiger partial charge is 0.337 e. The minimum atomic E-state index is -0.550. The maximum Gasteiger partial charge on any atom is 0.337 e. The van der Waals surface area contributed by atoms with Crippen molar-refractivity contribution in [3.05, 3.63) is 60.2 Å². The number of esters is 1. The first-order valence-electron chi connectivity index (χ1n) is 9.67. The van der Waals surface area contributed by atoms with Crippen molar-refractivity contribution >= 4 is 46.1 Å². The van der Waals surface area contributed by atoms with E-state index in [2.05, 4.69) is 15.0 Å². The van der Waals surface area contributed by atoms with Crippen LogP contribution in [0.4, 0.5) is 11.4 Å². The highest BCUT2D eigenvalue weighted by atomic mass is 32.2. The maximum atomic E-state index is 13.0. The van der Waals surface area contributed by atoms with Crippen molar-refractivity contribution in [2.75, 3.05) is 12.0 Å². The summed E-state index contributed by atoms with van der Waals surface area (Å²) in [6.07, 6.45) is 2.25. The molecular formula is C22H21N3O4S. The average Bonchev–Trinajstić information content (AvgIpc) is 3.53. The number of rotatable bonds is 5. The molecule has 1 atom stereocenters. The summed E-state index contributed by atoms with van der Waals surface area (Å²) in [6.45, 7) is 0. The number of nitrogens with zero attached hydrogens (tertiary/aromatic N) is 2. The molecule has 1 N–H and O–H groups in total. The second-order valence-electron chi connectivity index (χ2n) is 7.09. The molecule has 30 heavy (non-hydrogen) atoms. The number of benzene rings is 2. The molecule has 0 aromatic heterocycles. The molecule has 1 aliphatic heterocycles. The van der Waals surface area contributed by atoms with Gasteiger partial charge in [0.15, 0.2) is 5.17 Å². The molecule has 2 aromatic carbocycles. The van der Waals surface area contributed by atoms with Gasteiger partial charge in [-0.05, 0) is 49.2 Å². The third-order valence-electron chi connectivity index (χ3n) is 4.80. The van der Waals surface area contributed by atoms with Gasteiger partial charge in [0.05, 0.1) is 24.0 Å². The van der Waals surface area contributed by atoms with Gasteiger partial charge in [-0.1, -0.05) is 30.0 Å². The molecular weight excluding hydrogens is 402 g/mol. The standard InChI is InChI=1S/C22H21N3O4S/c1-29-21(28)14-7-11-17(12-8-14)25-19(26)13-18(20(25)27)30-22(24-16-9-10-16)23-15-5-3-2-4-6-15/h2-8,11-12,16,18H,9-10,13H2,1H3,(H,23,24). The Bertz CT molecular complexity index is 987. The highest BCUT2D eigenvalue weighted by molar-refractivity contribution is 8.15. The molecule has 1 unspecified atom stereocenters. The number of amidine groups is 1. The van der Waals surface area contributed by atoms with E-state index in [0.717, 1.165) is 18.5 Å². The number of hydrogen-bond donors (Lipinski definition) is 1. The van der Waals surface area contributed by atoms with E-state index in [1.54, 1.807) is 24.3 Å². The van der Waals surface area contributed by atoms with E-state index in [-0.39, 0.29) is 18.2 Å². The summed E-state index contributed by atoms with van der Waals surface area (Å²) in [4.78, 5) is 43.0. The maximum absolute atomic E-state index is 13.0. The fourth-order valence-electron chi connectivity index (χ4n) is 3.08. The lowest BCUT2D eigenvalue weighted by atomic mass is 10.2.